The van der Waals surface area contributed by atoms with E-state index in [2.05, 4.69) is 157 Å². The Hall–Kier alpha value is -6.65. The number of fused-ring (bicyclic) bond motifs is 12. The molecular formula is C48H32N4. The first kappa shape index (κ1) is 29.1. The van der Waals surface area contributed by atoms with Crippen LogP contribution < -0.4 is 0 Å². The molecule has 4 nitrogen and oxygen atoms in total. The van der Waals surface area contributed by atoms with Crippen molar-refractivity contribution in [3.05, 3.63) is 192 Å². The molecule has 1 aliphatic carbocycles. The third kappa shape index (κ3) is 3.89. The minimum Gasteiger partial charge on any atom is -0.309 e. The lowest BCUT2D eigenvalue weighted by Crippen LogP contribution is -2.33. The normalized spacial score (nSPS) is 15.2. The number of para-hydroxylation sites is 3. The minimum atomic E-state index is -0.491. The first-order chi connectivity index (χ1) is 25.7. The molecule has 0 bridgehead atoms. The van der Waals surface area contributed by atoms with Crippen LogP contribution in [-0.2, 0) is 11.8 Å². The van der Waals surface area contributed by atoms with Crippen molar-refractivity contribution in [3.63, 3.8) is 0 Å². The summed E-state index contributed by atoms with van der Waals surface area (Å²) in [6.07, 6.45) is 0.732. The Morgan fingerprint density at radius 1 is 0.462 bits per heavy atom. The molecule has 7 aromatic carbocycles. The van der Waals surface area contributed by atoms with Gasteiger partial charge in [-0.25, -0.2) is 15.0 Å². The van der Waals surface area contributed by atoms with Gasteiger partial charge in [0.05, 0.1) is 22.1 Å². The predicted molar refractivity (Wildman–Crippen MR) is 211 cm³/mol. The Kier molecular flexibility index (Phi) is 6.12. The van der Waals surface area contributed by atoms with Gasteiger partial charge in [-0.3, -0.25) is 0 Å². The molecule has 2 aromatic heterocycles. The fourth-order valence-corrected chi connectivity index (χ4v) is 9.00. The van der Waals surface area contributed by atoms with Crippen LogP contribution in [0, 0.1) is 0 Å². The van der Waals surface area contributed by atoms with Crippen molar-refractivity contribution in [1.29, 1.82) is 0 Å². The molecule has 1 aliphatic heterocycles. The summed E-state index contributed by atoms with van der Waals surface area (Å²) in [4.78, 5) is 14.6. The van der Waals surface area contributed by atoms with E-state index in [0.717, 1.165) is 34.5 Å². The van der Waals surface area contributed by atoms with Gasteiger partial charge in [0.1, 0.15) is 5.82 Å². The lowest BCUT2D eigenvalue weighted by molar-refractivity contribution is 0.749. The zero-order valence-corrected chi connectivity index (χ0v) is 28.6. The van der Waals surface area contributed by atoms with Crippen LogP contribution in [0.15, 0.2) is 164 Å². The van der Waals surface area contributed by atoms with Gasteiger partial charge >= 0.3 is 0 Å². The molecule has 1 atom stereocenters. The number of nitrogens with zero attached hydrogens (tertiary/aromatic N) is 4. The largest absolute Gasteiger partial charge is 0.309 e. The molecule has 0 radical (unpaired) electrons. The maximum absolute atomic E-state index is 4.97. The number of hydrogen-bond acceptors (Lipinski definition) is 3. The second-order valence-corrected chi connectivity index (χ2v) is 13.8. The van der Waals surface area contributed by atoms with E-state index in [1.165, 1.54) is 60.9 Å². The summed E-state index contributed by atoms with van der Waals surface area (Å²) in [5, 5.41) is 2.57. The highest BCUT2D eigenvalue weighted by Crippen LogP contribution is 2.61. The highest BCUT2D eigenvalue weighted by Gasteiger charge is 2.50. The summed E-state index contributed by atoms with van der Waals surface area (Å²) < 4.78 is 2.50. The van der Waals surface area contributed by atoms with Crippen LogP contribution in [0.3, 0.4) is 0 Å². The number of hydrogen-bond donors (Lipinski definition) is 0. The monoisotopic (exact) mass is 664 g/mol. The van der Waals surface area contributed by atoms with Gasteiger partial charge in [-0.15, -0.1) is 0 Å². The van der Waals surface area contributed by atoms with Gasteiger partial charge in [-0.2, -0.15) is 0 Å². The van der Waals surface area contributed by atoms with Crippen molar-refractivity contribution in [1.82, 2.24) is 19.5 Å². The molecule has 11 rings (SSSR count). The lowest BCUT2D eigenvalue weighted by Gasteiger charge is -2.39. The van der Waals surface area contributed by atoms with Gasteiger partial charge in [-0.05, 0) is 68.8 Å². The maximum atomic E-state index is 4.97. The summed E-state index contributed by atoms with van der Waals surface area (Å²) in [5.41, 5.74) is 15.4. The van der Waals surface area contributed by atoms with E-state index < -0.39 is 5.41 Å². The van der Waals surface area contributed by atoms with Crippen LogP contribution in [0.25, 0.3) is 72.5 Å². The van der Waals surface area contributed by atoms with Crippen molar-refractivity contribution < 1.29 is 0 Å². The fraction of sp³-hybridized carbons (Fsp3) is 0.0625. The summed E-state index contributed by atoms with van der Waals surface area (Å²) in [7, 11) is 0. The molecule has 0 N–H and O–H groups in total. The number of aromatic nitrogens is 4. The number of rotatable bonds is 4. The third-order valence-corrected chi connectivity index (χ3v) is 11.2. The predicted octanol–water partition coefficient (Wildman–Crippen LogP) is 11.2. The average molecular weight is 665 g/mol. The SMILES string of the molecule is CCc1nc(-c2ccccc2)nc(-c2cccc(-c3ccc4c(c3)C3(c5ccccc5-4)c4ccccc4-n4c5ccccc5c5cccc3c54)c2)n1. The van der Waals surface area contributed by atoms with E-state index in [1.54, 1.807) is 0 Å². The van der Waals surface area contributed by atoms with Crippen LogP contribution in [0.2, 0.25) is 0 Å². The Morgan fingerprint density at radius 2 is 1.10 bits per heavy atom. The summed E-state index contributed by atoms with van der Waals surface area (Å²) in [6.45, 7) is 2.09. The minimum absolute atomic E-state index is 0.491. The molecule has 244 valence electrons. The maximum Gasteiger partial charge on any atom is 0.163 e. The van der Waals surface area contributed by atoms with E-state index >= 15 is 0 Å². The quantitative estimate of drug-likeness (QED) is 0.188. The molecule has 4 heteroatoms. The second-order valence-electron chi connectivity index (χ2n) is 13.8. The van der Waals surface area contributed by atoms with E-state index in [0.29, 0.717) is 11.6 Å². The van der Waals surface area contributed by atoms with Crippen LogP contribution in [0.1, 0.15) is 35.0 Å². The summed E-state index contributed by atoms with van der Waals surface area (Å²) in [5.74, 6) is 2.18. The second kappa shape index (κ2) is 10.9. The zero-order chi connectivity index (χ0) is 34.4. The van der Waals surface area contributed by atoms with Crippen LogP contribution in [-0.4, -0.2) is 19.5 Å². The van der Waals surface area contributed by atoms with Crippen molar-refractivity contribution >= 4 is 21.8 Å². The van der Waals surface area contributed by atoms with Crippen LogP contribution >= 0.6 is 0 Å². The van der Waals surface area contributed by atoms with Gasteiger partial charge in [0.2, 0.25) is 0 Å². The molecular weight excluding hydrogens is 633 g/mol. The van der Waals surface area contributed by atoms with E-state index in [9.17, 15) is 0 Å². The molecule has 0 saturated heterocycles. The molecule has 0 amide bonds. The third-order valence-electron chi connectivity index (χ3n) is 11.2. The molecule has 1 spiro atoms. The Balaban J connectivity index is 1.15. The zero-order valence-electron chi connectivity index (χ0n) is 28.6. The number of benzene rings is 7. The molecule has 0 fully saturated rings. The van der Waals surface area contributed by atoms with Gasteiger partial charge in [0.25, 0.3) is 0 Å². The first-order valence-corrected chi connectivity index (χ1v) is 18.0. The van der Waals surface area contributed by atoms with Gasteiger partial charge in [-0.1, -0.05) is 146 Å². The molecule has 52 heavy (non-hydrogen) atoms. The first-order valence-electron chi connectivity index (χ1n) is 18.0. The van der Waals surface area contributed by atoms with Crippen molar-refractivity contribution in [2.24, 2.45) is 0 Å². The van der Waals surface area contributed by atoms with Gasteiger partial charge in [0, 0.05) is 28.3 Å². The standard InChI is InChI=1S/C48H32N4/c1-2-44-49-46(30-14-4-3-5-15-30)51-47(50-44)33-17-12-16-31(28-33)32-26-27-35-34-18-6-8-21-38(34)48(41(35)29-32)39-22-9-11-25-43(39)52-42-24-10-7-19-36(42)37-20-13-23-40(48)45(37)52/h3-29H,2H2,1H3. The van der Waals surface area contributed by atoms with Crippen molar-refractivity contribution in [2.45, 2.75) is 18.8 Å². The number of aryl methyl sites for hydroxylation is 1. The van der Waals surface area contributed by atoms with E-state index in [1.807, 2.05) is 18.2 Å². The Labute approximate surface area is 301 Å². The van der Waals surface area contributed by atoms with Crippen LogP contribution in [0.5, 0.6) is 0 Å². The average Bonchev–Trinajstić information content (AvgIpc) is 3.71. The van der Waals surface area contributed by atoms with E-state index in [-0.39, 0.29) is 0 Å². The van der Waals surface area contributed by atoms with Crippen molar-refractivity contribution in [2.75, 3.05) is 0 Å². The highest BCUT2D eigenvalue weighted by molar-refractivity contribution is 6.12. The Morgan fingerprint density at radius 3 is 1.98 bits per heavy atom. The van der Waals surface area contributed by atoms with E-state index in [4.69, 9.17) is 15.0 Å². The smallest absolute Gasteiger partial charge is 0.163 e. The summed E-state index contributed by atoms with van der Waals surface area (Å²) >= 11 is 0. The molecule has 9 aromatic rings. The molecule has 3 heterocycles. The van der Waals surface area contributed by atoms with Gasteiger partial charge in [0.15, 0.2) is 11.6 Å². The topological polar surface area (TPSA) is 43.6 Å². The van der Waals surface area contributed by atoms with Crippen LogP contribution in [0.4, 0.5) is 0 Å². The molecule has 0 saturated carbocycles. The molecule has 2 aliphatic rings. The molecule has 1 unspecified atom stereocenters. The highest BCUT2D eigenvalue weighted by atomic mass is 15.0. The Bertz CT molecular complexity index is 2900. The fourth-order valence-electron chi connectivity index (χ4n) is 9.00. The van der Waals surface area contributed by atoms with Crippen molar-refractivity contribution in [3.8, 4) is 50.7 Å². The summed E-state index contributed by atoms with van der Waals surface area (Å²) in [6, 6.07) is 59.7. The lowest BCUT2D eigenvalue weighted by atomic mass is 9.65. The van der Waals surface area contributed by atoms with Gasteiger partial charge < -0.3 is 4.57 Å².